The molecule has 2 atom stereocenters. The summed E-state index contributed by atoms with van der Waals surface area (Å²) in [5, 5.41) is 15.5. The normalized spacial score (nSPS) is 17.3. The Morgan fingerprint density at radius 1 is 1.18 bits per heavy atom. The Morgan fingerprint density at radius 2 is 1.96 bits per heavy atom. The third kappa shape index (κ3) is 4.96. The number of benzene rings is 2. The van der Waals surface area contributed by atoms with Gasteiger partial charge in [-0.1, -0.05) is 42.8 Å². The molecule has 2 amide bonds. The Hall–Kier alpha value is -3.17. The van der Waals surface area contributed by atoms with Gasteiger partial charge in [-0.2, -0.15) is 5.26 Å². The molecule has 1 heterocycles. The van der Waals surface area contributed by atoms with Crippen LogP contribution in [0.4, 0.5) is 0 Å². The second-order valence-corrected chi connectivity index (χ2v) is 7.04. The molecular formula is C22H24N4O2. The monoisotopic (exact) mass is 376 g/mol. The SMILES string of the molecule is N#C[C@H](Cc1ccc(-c2cccc(C(N)=O)c2)cc1)NC(=O)C1CCCCN1. The summed E-state index contributed by atoms with van der Waals surface area (Å²) in [6, 6.07) is 16.3. The van der Waals surface area contributed by atoms with Crippen molar-refractivity contribution in [1.82, 2.24) is 10.6 Å². The summed E-state index contributed by atoms with van der Waals surface area (Å²) in [5.74, 6) is -0.565. The third-order valence-electron chi connectivity index (χ3n) is 4.97. The maximum atomic E-state index is 12.3. The molecule has 1 unspecified atom stereocenters. The highest BCUT2D eigenvalue weighted by Gasteiger charge is 2.23. The zero-order chi connectivity index (χ0) is 19.9. The molecule has 2 aromatic carbocycles. The van der Waals surface area contributed by atoms with Crippen LogP contribution >= 0.6 is 0 Å². The van der Waals surface area contributed by atoms with Gasteiger partial charge in [-0.25, -0.2) is 0 Å². The smallest absolute Gasteiger partial charge is 0.248 e. The fourth-order valence-electron chi connectivity index (χ4n) is 3.40. The van der Waals surface area contributed by atoms with Crippen molar-refractivity contribution in [3.8, 4) is 17.2 Å². The van der Waals surface area contributed by atoms with Gasteiger partial charge >= 0.3 is 0 Å². The van der Waals surface area contributed by atoms with E-state index < -0.39 is 11.9 Å². The molecular weight excluding hydrogens is 352 g/mol. The standard InChI is InChI=1S/C22H24N4O2/c23-14-19(26-22(28)20-6-1-2-11-25-20)12-15-7-9-16(10-8-15)17-4-3-5-18(13-17)21(24)27/h3-5,7-10,13,19-20,25H,1-2,6,11-12H2,(H2,24,27)(H,26,28)/t19-,20?/m0/s1. The van der Waals surface area contributed by atoms with Gasteiger partial charge in [-0.15, -0.1) is 0 Å². The highest BCUT2D eigenvalue weighted by Crippen LogP contribution is 2.21. The molecule has 6 heteroatoms. The number of nitrogens with one attached hydrogen (secondary N) is 2. The number of piperidine rings is 1. The Bertz CT molecular complexity index is 880. The predicted octanol–water partition coefficient (Wildman–Crippen LogP) is 2.15. The van der Waals surface area contributed by atoms with E-state index in [4.69, 9.17) is 5.73 Å². The van der Waals surface area contributed by atoms with E-state index in [0.717, 1.165) is 42.5 Å². The summed E-state index contributed by atoms with van der Waals surface area (Å²) in [6.07, 6.45) is 3.36. The summed E-state index contributed by atoms with van der Waals surface area (Å²) < 4.78 is 0. The Kier molecular flexibility index (Phi) is 6.41. The van der Waals surface area contributed by atoms with Crippen molar-refractivity contribution in [1.29, 1.82) is 5.26 Å². The molecule has 0 aromatic heterocycles. The number of nitrogens with zero attached hydrogens (tertiary/aromatic N) is 1. The number of hydrogen-bond donors (Lipinski definition) is 3. The first kappa shape index (κ1) is 19.6. The predicted molar refractivity (Wildman–Crippen MR) is 107 cm³/mol. The molecule has 144 valence electrons. The van der Waals surface area contributed by atoms with Crippen molar-refractivity contribution in [2.45, 2.75) is 37.8 Å². The number of carbonyl (C=O) groups excluding carboxylic acids is 2. The van der Waals surface area contributed by atoms with Crippen LogP contribution in [0.3, 0.4) is 0 Å². The summed E-state index contributed by atoms with van der Waals surface area (Å²) >= 11 is 0. The Morgan fingerprint density at radius 3 is 2.61 bits per heavy atom. The summed E-state index contributed by atoms with van der Waals surface area (Å²) in [4.78, 5) is 23.7. The molecule has 1 aliphatic heterocycles. The van der Waals surface area contributed by atoms with Crippen LogP contribution in [0.2, 0.25) is 0 Å². The number of amides is 2. The number of primary amides is 1. The second-order valence-electron chi connectivity index (χ2n) is 7.04. The molecule has 28 heavy (non-hydrogen) atoms. The molecule has 0 saturated carbocycles. The molecule has 0 spiro atoms. The van der Waals surface area contributed by atoms with Crippen LogP contribution in [-0.4, -0.2) is 30.4 Å². The second kappa shape index (κ2) is 9.16. The number of hydrogen-bond acceptors (Lipinski definition) is 4. The van der Waals surface area contributed by atoms with Crippen LogP contribution < -0.4 is 16.4 Å². The van der Waals surface area contributed by atoms with E-state index in [-0.39, 0.29) is 11.9 Å². The molecule has 0 aliphatic carbocycles. The van der Waals surface area contributed by atoms with E-state index in [0.29, 0.717) is 12.0 Å². The van der Waals surface area contributed by atoms with Crippen molar-refractivity contribution in [3.63, 3.8) is 0 Å². The highest BCUT2D eigenvalue weighted by atomic mass is 16.2. The van der Waals surface area contributed by atoms with Crippen molar-refractivity contribution in [3.05, 3.63) is 59.7 Å². The molecule has 0 bridgehead atoms. The Balaban J connectivity index is 1.64. The zero-order valence-electron chi connectivity index (χ0n) is 15.7. The van der Waals surface area contributed by atoms with Crippen LogP contribution in [0.5, 0.6) is 0 Å². The topological polar surface area (TPSA) is 108 Å². The third-order valence-corrected chi connectivity index (χ3v) is 4.97. The van der Waals surface area contributed by atoms with Gasteiger partial charge in [0.2, 0.25) is 11.8 Å². The van der Waals surface area contributed by atoms with E-state index in [2.05, 4.69) is 16.7 Å². The summed E-state index contributed by atoms with van der Waals surface area (Å²) in [7, 11) is 0. The first-order chi connectivity index (χ1) is 13.6. The molecule has 4 N–H and O–H groups in total. The lowest BCUT2D eigenvalue weighted by Gasteiger charge is -2.23. The van der Waals surface area contributed by atoms with Crippen molar-refractivity contribution < 1.29 is 9.59 Å². The number of nitriles is 1. The minimum Gasteiger partial charge on any atom is -0.366 e. The van der Waals surface area contributed by atoms with Gasteiger partial charge in [0.15, 0.2) is 0 Å². The van der Waals surface area contributed by atoms with Crippen molar-refractivity contribution in [2.24, 2.45) is 5.73 Å². The Labute approximate surface area is 164 Å². The van der Waals surface area contributed by atoms with Gasteiger partial charge in [-0.05, 0) is 48.2 Å². The van der Waals surface area contributed by atoms with Gasteiger partial charge in [-0.3, -0.25) is 9.59 Å². The first-order valence-corrected chi connectivity index (χ1v) is 9.49. The van der Waals surface area contributed by atoms with Crippen LogP contribution in [0, 0.1) is 11.3 Å². The van der Waals surface area contributed by atoms with E-state index >= 15 is 0 Å². The molecule has 1 aliphatic rings. The summed E-state index contributed by atoms with van der Waals surface area (Å²) in [6.45, 7) is 0.841. The molecule has 2 aromatic rings. The molecule has 1 saturated heterocycles. The fourth-order valence-corrected chi connectivity index (χ4v) is 3.40. The van der Waals surface area contributed by atoms with Gasteiger partial charge in [0.1, 0.15) is 6.04 Å². The van der Waals surface area contributed by atoms with Gasteiger partial charge in [0.05, 0.1) is 12.1 Å². The maximum Gasteiger partial charge on any atom is 0.248 e. The fraction of sp³-hybridized carbons (Fsp3) is 0.318. The molecule has 3 rings (SSSR count). The van der Waals surface area contributed by atoms with E-state index in [1.807, 2.05) is 30.3 Å². The average Bonchev–Trinajstić information content (AvgIpc) is 2.74. The molecule has 6 nitrogen and oxygen atoms in total. The van der Waals surface area contributed by atoms with Crippen molar-refractivity contribution in [2.75, 3.05) is 6.54 Å². The number of nitrogens with two attached hydrogens (primary N) is 1. The van der Waals surface area contributed by atoms with Gasteiger partial charge in [0, 0.05) is 12.0 Å². The summed E-state index contributed by atoms with van der Waals surface area (Å²) in [5.41, 5.74) is 8.61. The maximum absolute atomic E-state index is 12.3. The first-order valence-electron chi connectivity index (χ1n) is 9.49. The molecule has 0 radical (unpaired) electrons. The lowest BCUT2D eigenvalue weighted by Crippen LogP contribution is -2.49. The van der Waals surface area contributed by atoms with E-state index in [1.54, 1.807) is 18.2 Å². The van der Waals surface area contributed by atoms with Crippen LogP contribution in [-0.2, 0) is 11.2 Å². The van der Waals surface area contributed by atoms with Crippen LogP contribution in [0.15, 0.2) is 48.5 Å². The van der Waals surface area contributed by atoms with E-state index in [1.165, 1.54) is 0 Å². The van der Waals surface area contributed by atoms with Gasteiger partial charge < -0.3 is 16.4 Å². The molecule has 1 fully saturated rings. The largest absolute Gasteiger partial charge is 0.366 e. The minimum absolute atomic E-state index is 0.105. The van der Waals surface area contributed by atoms with Crippen LogP contribution in [0.1, 0.15) is 35.2 Å². The number of rotatable bonds is 6. The van der Waals surface area contributed by atoms with Crippen LogP contribution in [0.25, 0.3) is 11.1 Å². The van der Waals surface area contributed by atoms with E-state index in [9.17, 15) is 14.9 Å². The highest BCUT2D eigenvalue weighted by molar-refractivity contribution is 5.94. The minimum atomic E-state index is -0.569. The lowest BCUT2D eigenvalue weighted by atomic mass is 9.99. The average molecular weight is 376 g/mol. The van der Waals surface area contributed by atoms with Gasteiger partial charge in [0.25, 0.3) is 0 Å². The zero-order valence-corrected chi connectivity index (χ0v) is 15.7. The number of carbonyl (C=O) groups is 2. The van der Waals surface area contributed by atoms with Crippen molar-refractivity contribution >= 4 is 11.8 Å². The lowest BCUT2D eigenvalue weighted by molar-refractivity contribution is -0.124. The quantitative estimate of drug-likeness (QED) is 0.718.